The zero-order chi connectivity index (χ0) is 11.5. The molecule has 2 fully saturated rings. The lowest BCUT2D eigenvalue weighted by Gasteiger charge is -2.15. The molecule has 0 aromatic rings. The molecule has 0 aromatic heterocycles. The summed E-state index contributed by atoms with van der Waals surface area (Å²) in [6.07, 6.45) is 1.84. The third-order valence-electron chi connectivity index (χ3n) is 4.83. The summed E-state index contributed by atoms with van der Waals surface area (Å²) >= 11 is 0. The highest BCUT2D eigenvalue weighted by molar-refractivity contribution is 5.85. The zero-order valence-corrected chi connectivity index (χ0v) is 10.1. The van der Waals surface area contributed by atoms with Crippen molar-refractivity contribution in [3.05, 3.63) is 0 Å². The third kappa shape index (κ3) is 1.40. The van der Waals surface area contributed by atoms with E-state index in [1.54, 1.807) is 0 Å². The van der Waals surface area contributed by atoms with Crippen LogP contribution in [0.15, 0.2) is 0 Å². The fraction of sp³-hybridized carbons (Fsp3) is 0.917. The monoisotopic (exact) mass is 211 g/mol. The van der Waals surface area contributed by atoms with Gasteiger partial charge in [0.25, 0.3) is 0 Å². The van der Waals surface area contributed by atoms with Crippen molar-refractivity contribution in [2.45, 2.75) is 46.1 Å². The van der Waals surface area contributed by atoms with Gasteiger partial charge in [-0.3, -0.25) is 4.79 Å². The maximum absolute atomic E-state index is 12.0. The minimum atomic E-state index is -0.272. The molecule has 3 heteroatoms. The molecule has 0 radical (unpaired) electrons. The fourth-order valence-corrected chi connectivity index (χ4v) is 2.66. The molecule has 1 amide bonds. The molecule has 0 heterocycles. The average molecular weight is 211 g/mol. The number of aliphatic hydroxyl groups is 1. The largest absolute Gasteiger partial charge is 0.394 e. The van der Waals surface area contributed by atoms with E-state index in [9.17, 15) is 4.79 Å². The molecule has 2 saturated carbocycles. The van der Waals surface area contributed by atoms with Crippen LogP contribution >= 0.6 is 0 Å². The van der Waals surface area contributed by atoms with Crippen LogP contribution in [0, 0.1) is 16.7 Å². The molecule has 15 heavy (non-hydrogen) atoms. The lowest BCUT2D eigenvalue weighted by Crippen LogP contribution is -2.41. The van der Waals surface area contributed by atoms with E-state index < -0.39 is 0 Å². The Morgan fingerprint density at radius 3 is 2.00 bits per heavy atom. The molecule has 0 aromatic carbocycles. The van der Waals surface area contributed by atoms with Crippen molar-refractivity contribution in [2.24, 2.45) is 16.7 Å². The van der Waals surface area contributed by atoms with E-state index in [0.29, 0.717) is 0 Å². The highest BCUT2D eigenvalue weighted by Crippen LogP contribution is 2.68. The fourth-order valence-electron chi connectivity index (χ4n) is 2.66. The number of carbonyl (C=O) groups is 1. The summed E-state index contributed by atoms with van der Waals surface area (Å²) in [7, 11) is 0. The van der Waals surface area contributed by atoms with Gasteiger partial charge >= 0.3 is 0 Å². The Balaban J connectivity index is 2.00. The third-order valence-corrected chi connectivity index (χ3v) is 4.83. The SMILES string of the molecule is CC1(C)C(C(=O)NC2(CO)CC2)C1(C)C. The lowest BCUT2D eigenvalue weighted by atomic mass is 10.0. The Bertz CT molecular complexity index is 289. The molecular formula is C12H21NO2. The first-order valence-corrected chi connectivity index (χ1v) is 5.70. The summed E-state index contributed by atoms with van der Waals surface area (Å²) in [6, 6.07) is 0. The van der Waals surface area contributed by atoms with Crippen LogP contribution in [0.4, 0.5) is 0 Å². The van der Waals surface area contributed by atoms with Gasteiger partial charge in [0.05, 0.1) is 12.1 Å². The van der Waals surface area contributed by atoms with Gasteiger partial charge in [0.15, 0.2) is 0 Å². The highest BCUT2D eigenvalue weighted by Gasteiger charge is 2.68. The lowest BCUT2D eigenvalue weighted by molar-refractivity contribution is -0.124. The molecule has 0 spiro atoms. The van der Waals surface area contributed by atoms with Gasteiger partial charge in [-0.1, -0.05) is 27.7 Å². The molecule has 3 nitrogen and oxygen atoms in total. The summed E-state index contributed by atoms with van der Waals surface area (Å²) in [5, 5.41) is 12.2. The topological polar surface area (TPSA) is 49.3 Å². The molecule has 0 unspecified atom stereocenters. The summed E-state index contributed by atoms with van der Waals surface area (Å²) in [4.78, 5) is 12.0. The highest BCUT2D eigenvalue weighted by atomic mass is 16.3. The molecule has 2 N–H and O–H groups in total. The van der Waals surface area contributed by atoms with Crippen molar-refractivity contribution in [3.8, 4) is 0 Å². The maximum atomic E-state index is 12.0. The van der Waals surface area contributed by atoms with Gasteiger partial charge in [0.1, 0.15) is 0 Å². The van der Waals surface area contributed by atoms with Crippen molar-refractivity contribution in [3.63, 3.8) is 0 Å². The molecular weight excluding hydrogens is 190 g/mol. The van der Waals surface area contributed by atoms with E-state index >= 15 is 0 Å². The first kappa shape index (κ1) is 10.9. The second-order valence-electron chi connectivity index (χ2n) is 6.30. The van der Waals surface area contributed by atoms with Crippen molar-refractivity contribution in [1.29, 1.82) is 0 Å². The summed E-state index contributed by atoms with van der Waals surface area (Å²) < 4.78 is 0. The van der Waals surface area contributed by atoms with Crippen LogP contribution in [0.25, 0.3) is 0 Å². The Morgan fingerprint density at radius 2 is 1.73 bits per heavy atom. The van der Waals surface area contributed by atoms with Gasteiger partial charge in [0, 0.05) is 5.92 Å². The van der Waals surface area contributed by atoms with Crippen molar-refractivity contribution < 1.29 is 9.90 Å². The van der Waals surface area contributed by atoms with Gasteiger partial charge in [-0.15, -0.1) is 0 Å². The second-order valence-corrected chi connectivity index (χ2v) is 6.30. The maximum Gasteiger partial charge on any atom is 0.224 e. The van der Waals surface area contributed by atoms with E-state index in [-0.39, 0.29) is 34.8 Å². The molecule has 0 saturated heterocycles. The molecule has 0 aliphatic heterocycles. The quantitative estimate of drug-likeness (QED) is 0.739. The number of hydrogen-bond acceptors (Lipinski definition) is 2. The van der Waals surface area contributed by atoms with E-state index in [0.717, 1.165) is 12.8 Å². The predicted molar refractivity (Wildman–Crippen MR) is 58.2 cm³/mol. The first-order chi connectivity index (χ1) is 6.77. The average Bonchev–Trinajstić information content (AvgIpc) is 2.91. The Morgan fingerprint density at radius 1 is 1.27 bits per heavy atom. The van der Waals surface area contributed by atoms with E-state index in [1.165, 1.54) is 0 Å². The number of amides is 1. The Hall–Kier alpha value is -0.570. The van der Waals surface area contributed by atoms with Crippen LogP contribution in [-0.4, -0.2) is 23.2 Å². The van der Waals surface area contributed by atoms with Crippen LogP contribution < -0.4 is 5.32 Å². The minimum Gasteiger partial charge on any atom is -0.394 e. The standard InChI is InChI=1S/C12H21NO2/c1-10(2)8(11(10,3)4)9(15)13-12(7-14)5-6-12/h8,14H,5-7H2,1-4H3,(H,13,15). The van der Waals surface area contributed by atoms with Crippen molar-refractivity contribution in [2.75, 3.05) is 6.61 Å². The zero-order valence-electron chi connectivity index (χ0n) is 10.1. The van der Waals surface area contributed by atoms with Gasteiger partial charge in [-0.25, -0.2) is 0 Å². The number of rotatable bonds is 3. The normalized spacial score (nSPS) is 29.7. The van der Waals surface area contributed by atoms with Gasteiger partial charge in [-0.05, 0) is 23.7 Å². The Kier molecular flexibility index (Phi) is 2.01. The van der Waals surface area contributed by atoms with Crippen LogP contribution in [0.5, 0.6) is 0 Å². The van der Waals surface area contributed by atoms with Crippen LogP contribution in [0.1, 0.15) is 40.5 Å². The molecule has 2 aliphatic carbocycles. The number of aliphatic hydroxyl groups excluding tert-OH is 1. The molecule has 2 rings (SSSR count). The first-order valence-electron chi connectivity index (χ1n) is 5.70. The van der Waals surface area contributed by atoms with E-state index in [4.69, 9.17) is 5.11 Å². The molecule has 86 valence electrons. The van der Waals surface area contributed by atoms with Gasteiger partial charge < -0.3 is 10.4 Å². The minimum absolute atomic E-state index is 0.0757. The van der Waals surface area contributed by atoms with Crippen molar-refractivity contribution >= 4 is 5.91 Å². The summed E-state index contributed by atoms with van der Waals surface area (Å²) in [5.74, 6) is 0.213. The van der Waals surface area contributed by atoms with Crippen molar-refractivity contribution in [1.82, 2.24) is 5.32 Å². The smallest absolute Gasteiger partial charge is 0.224 e. The van der Waals surface area contributed by atoms with Crippen LogP contribution in [0.2, 0.25) is 0 Å². The summed E-state index contributed by atoms with van der Waals surface area (Å²) in [5.41, 5.74) is -0.100. The molecule has 2 aliphatic rings. The van der Waals surface area contributed by atoms with E-state index in [1.807, 2.05) is 0 Å². The van der Waals surface area contributed by atoms with Crippen LogP contribution in [-0.2, 0) is 4.79 Å². The number of carbonyl (C=O) groups excluding carboxylic acids is 1. The Labute approximate surface area is 91.2 Å². The van der Waals surface area contributed by atoms with Crippen LogP contribution in [0.3, 0.4) is 0 Å². The number of hydrogen-bond donors (Lipinski definition) is 2. The summed E-state index contributed by atoms with van der Waals surface area (Å²) in [6.45, 7) is 8.61. The van der Waals surface area contributed by atoms with Gasteiger partial charge in [0.2, 0.25) is 5.91 Å². The number of nitrogens with one attached hydrogen (secondary N) is 1. The van der Waals surface area contributed by atoms with Gasteiger partial charge in [-0.2, -0.15) is 0 Å². The predicted octanol–water partition coefficient (Wildman–Crippen LogP) is 1.31. The molecule has 0 bridgehead atoms. The van der Waals surface area contributed by atoms with E-state index in [2.05, 4.69) is 33.0 Å². The molecule has 0 atom stereocenters. The second kappa shape index (κ2) is 2.76.